The molecule has 1 atom stereocenters. The molecule has 0 saturated heterocycles. The van der Waals surface area contributed by atoms with Crippen molar-refractivity contribution in [3.63, 3.8) is 0 Å². The summed E-state index contributed by atoms with van der Waals surface area (Å²) in [5, 5.41) is 4.22. The van der Waals surface area contributed by atoms with Gasteiger partial charge in [0.15, 0.2) is 0 Å². The molecule has 0 radical (unpaired) electrons. The summed E-state index contributed by atoms with van der Waals surface area (Å²) in [5.41, 5.74) is 3.31. The van der Waals surface area contributed by atoms with Gasteiger partial charge >= 0.3 is 0 Å². The minimum atomic E-state index is 0.0336. The first-order valence-electron chi connectivity index (χ1n) is 10.7. The summed E-state index contributed by atoms with van der Waals surface area (Å²) >= 11 is 11.3. The Kier molecular flexibility index (Phi) is 11.6. The second-order valence-electron chi connectivity index (χ2n) is 8.41. The minimum absolute atomic E-state index is 0.0336. The number of ether oxygens (including phenoxy) is 2. The van der Waals surface area contributed by atoms with Crippen LogP contribution in [0.3, 0.4) is 0 Å². The van der Waals surface area contributed by atoms with Gasteiger partial charge < -0.3 is 14.3 Å². The third kappa shape index (κ3) is 9.61. The predicted molar refractivity (Wildman–Crippen MR) is 128 cm³/mol. The Morgan fingerprint density at radius 2 is 1.73 bits per heavy atom. The first-order valence-corrected chi connectivity index (χ1v) is 11.5. The fourth-order valence-electron chi connectivity index (χ4n) is 2.66. The molecule has 0 aliphatic heterocycles. The van der Waals surface area contributed by atoms with Crippen molar-refractivity contribution in [1.29, 1.82) is 0 Å². The summed E-state index contributed by atoms with van der Waals surface area (Å²) in [6.07, 6.45) is 5.22. The van der Waals surface area contributed by atoms with Crippen LogP contribution in [0.5, 0.6) is 11.5 Å². The number of hydrogen-bond donors (Lipinski definition) is 0. The van der Waals surface area contributed by atoms with Crippen molar-refractivity contribution >= 4 is 28.9 Å². The molecule has 30 heavy (non-hydrogen) atoms. The van der Waals surface area contributed by atoms with Crippen molar-refractivity contribution in [3.05, 3.63) is 33.8 Å². The largest absolute Gasteiger partial charge is 0.490 e. The maximum absolute atomic E-state index is 6.34. The molecule has 0 bridgehead atoms. The maximum atomic E-state index is 6.34. The second kappa shape index (κ2) is 13.1. The molecule has 0 spiro atoms. The Morgan fingerprint density at radius 1 is 1.13 bits per heavy atom. The molecule has 0 fully saturated rings. The molecule has 4 nitrogen and oxygen atoms in total. The lowest BCUT2D eigenvalue weighted by Gasteiger charge is -2.21. The van der Waals surface area contributed by atoms with Crippen LogP contribution in [0.1, 0.15) is 72.4 Å². The maximum Gasteiger partial charge on any atom is 0.126 e. The van der Waals surface area contributed by atoms with Crippen molar-refractivity contribution < 1.29 is 14.3 Å². The predicted octanol–water partition coefficient (Wildman–Crippen LogP) is 7.50. The Labute approximate surface area is 192 Å². The van der Waals surface area contributed by atoms with Crippen molar-refractivity contribution in [2.75, 3.05) is 13.2 Å². The van der Waals surface area contributed by atoms with E-state index in [1.807, 2.05) is 19.1 Å². The standard InChI is InChI=1S/C24H37Cl2NO3/c1-8-19-15-21(28-14-12-22(25)26)16-20(9-2)23(19)30-17(3)11-10-13-29-27-18(4)24(5,6)7/h12,15-17H,8-11,13-14H2,1-7H3. The fraction of sp³-hybridized carbons (Fsp3) is 0.625. The topological polar surface area (TPSA) is 40.0 Å². The summed E-state index contributed by atoms with van der Waals surface area (Å²) in [6.45, 7) is 15.6. The average Bonchev–Trinajstić information content (AvgIpc) is 2.67. The van der Waals surface area contributed by atoms with Crippen molar-refractivity contribution in [1.82, 2.24) is 0 Å². The van der Waals surface area contributed by atoms with Crippen LogP contribution in [0.2, 0.25) is 0 Å². The van der Waals surface area contributed by atoms with Crippen LogP contribution in [0, 0.1) is 5.41 Å². The van der Waals surface area contributed by atoms with Gasteiger partial charge in [-0.2, -0.15) is 0 Å². The van der Waals surface area contributed by atoms with Crippen molar-refractivity contribution in [3.8, 4) is 11.5 Å². The summed E-state index contributed by atoms with van der Waals surface area (Å²) in [7, 11) is 0. The van der Waals surface area contributed by atoms with E-state index in [1.165, 1.54) is 0 Å². The van der Waals surface area contributed by atoms with Crippen LogP contribution >= 0.6 is 23.2 Å². The zero-order chi connectivity index (χ0) is 22.7. The highest BCUT2D eigenvalue weighted by atomic mass is 35.5. The molecule has 0 amide bonds. The number of hydrogen-bond acceptors (Lipinski definition) is 4. The zero-order valence-corrected chi connectivity index (χ0v) is 21.0. The van der Waals surface area contributed by atoms with Gasteiger partial charge in [-0.1, -0.05) is 63.0 Å². The van der Waals surface area contributed by atoms with Crippen LogP contribution in [-0.4, -0.2) is 25.0 Å². The molecule has 1 unspecified atom stereocenters. The van der Waals surface area contributed by atoms with E-state index in [1.54, 1.807) is 6.08 Å². The SMILES string of the molecule is CCc1cc(OCC=C(Cl)Cl)cc(CC)c1OC(C)CCCON=C(C)C(C)(C)C. The van der Waals surface area contributed by atoms with E-state index in [2.05, 4.69) is 46.7 Å². The highest BCUT2D eigenvalue weighted by Crippen LogP contribution is 2.32. The molecular formula is C24H37Cl2NO3. The molecule has 0 aromatic heterocycles. The monoisotopic (exact) mass is 457 g/mol. The lowest BCUT2D eigenvalue weighted by molar-refractivity contribution is 0.122. The summed E-state index contributed by atoms with van der Waals surface area (Å²) in [4.78, 5) is 5.47. The first-order chi connectivity index (χ1) is 14.1. The number of benzene rings is 1. The van der Waals surface area contributed by atoms with E-state index in [4.69, 9.17) is 37.5 Å². The molecule has 170 valence electrons. The van der Waals surface area contributed by atoms with E-state index in [-0.39, 0.29) is 16.0 Å². The first kappa shape index (κ1) is 26.6. The normalized spacial score (nSPS) is 13.0. The molecule has 0 saturated carbocycles. The molecule has 0 N–H and O–H groups in total. The Hall–Kier alpha value is -1.39. The van der Waals surface area contributed by atoms with Gasteiger partial charge in [-0.25, -0.2) is 0 Å². The van der Waals surface area contributed by atoms with Gasteiger partial charge in [-0.3, -0.25) is 0 Å². The highest BCUT2D eigenvalue weighted by Gasteiger charge is 2.16. The van der Waals surface area contributed by atoms with Crippen molar-refractivity contribution in [2.24, 2.45) is 10.6 Å². The van der Waals surface area contributed by atoms with Gasteiger partial charge in [0.05, 0.1) is 11.8 Å². The molecule has 1 rings (SSSR count). The van der Waals surface area contributed by atoms with Gasteiger partial charge in [-0.15, -0.1) is 0 Å². The van der Waals surface area contributed by atoms with E-state index >= 15 is 0 Å². The number of oxime groups is 1. The Bertz CT molecular complexity index is 695. The second-order valence-corrected chi connectivity index (χ2v) is 9.42. The zero-order valence-electron chi connectivity index (χ0n) is 19.5. The fourth-order valence-corrected chi connectivity index (χ4v) is 2.78. The lowest BCUT2D eigenvalue weighted by atomic mass is 9.91. The Balaban J connectivity index is 2.69. The van der Waals surface area contributed by atoms with Gasteiger partial charge in [0, 0.05) is 5.41 Å². The quantitative estimate of drug-likeness (QED) is 0.185. The molecule has 0 heterocycles. The van der Waals surface area contributed by atoms with E-state index < -0.39 is 0 Å². The molecule has 0 aliphatic carbocycles. The smallest absolute Gasteiger partial charge is 0.126 e. The van der Waals surface area contributed by atoms with Gasteiger partial charge in [0.25, 0.3) is 0 Å². The molecule has 6 heteroatoms. The number of nitrogens with zero attached hydrogens (tertiary/aromatic N) is 1. The van der Waals surface area contributed by atoms with E-state index in [9.17, 15) is 0 Å². The molecule has 1 aromatic carbocycles. The summed E-state index contributed by atoms with van der Waals surface area (Å²) in [6, 6.07) is 4.06. The van der Waals surface area contributed by atoms with Crippen LogP contribution in [-0.2, 0) is 17.7 Å². The summed E-state index contributed by atoms with van der Waals surface area (Å²) < 4.78 is 12.3. The van der Waals surface area contributed by atoms with Crippen LogP contribution in [0.4, 0.5) is 0 Å². The molecular weight excluding hydrogens is 421 g/mol. The van der Waals surface area contributed by atoms with Crippen LogP contribution in [0.15, 0.2) is 27.9 Å². The van der Waals surface area contributed by atoms with Crippen LogP contribution in [0.25, 0.3) is 0 Å². The molecule has 1 aromatic rings. The van der Waals surface area contributed by atoms with Gasteiger partial charge in [0.2, 0.25) is 0 Å². The number of halogens is 2. The minimum Gasteiger partial charge on any atom is -0.490 e. The Morgan fingerprint density at radius 3 is 2.23 bits per heavy atom. The number of aryl methyl sites for hydroxylation is 2. The van der Waals surface area contributed by atoms with Crippen molar-refractivity contribution in [2.45, 2.75) is 80.3 Å². The third-order valence-electron chi connectivity index (χ3n) is 4.92. The van der Waals surface area contributed by atoms with E-state index in [0.29, 0.717) is 13.2 Å². The van der Waals surface area contributed by atoms with Gasteiger partial charge in [0.1, 0.15) is 29.2 Å². The van der Waals surface area contributed by atoms with Crippen LogP contribution < -0.4 is 9.47 Å². The summed E-state index contributed by atoms with van der Waals surface area (Å²) in [5.74, 6) is 1.77. The average molecular weight is 458 g/mol. The highest BCUT2D eigenvalue weighted by molar-refractivity contribution is 6.55. The van der Waals surface area contributed by atoms with E-state index in [0.717, 1.165) is 54.0 Å². The molecule has 0 aliphatic rings. The van der Waals surface area contributed by atoms with Gasteiger partial charge in [-0.05, 0) is 68.9 Å². The lowest BCUT2D eigenvalue weighted by Crippen LogP contribution is -2.17. The number of rotatable bonds is 12. The third-order valence-corrected chi connectivity index (χ3v) is 5.23.